The van der Waals surface area contributed by atoms with E-state index < -0.39 is 72.3 Å². The number of fused-ring (bicyclic) bond motifs is 1. The van der Waals surface area contributed by atoms with E-state index in [1.807, 2.05) is 0 Å². The molecule has 0 bridgehead atoms. The van der Waals surface area contributed by atoms with Crippen molar-refractivity contribution in [3.05, 3.63) is 78.4 Å². The lowest BCUT2D eigenvalue weighted by molar-refractivity contribution is -0.118. The number of benzene rings is 3. The highest BCUT2D eigenvalue weighted by Gasteiger charge is 2.29. The van der Waals surface area contributed by atoms with E-state index in [1.165, 1.54) is 16.3 Å². The highest BCUT2D eigenvalue weighted by molar-refractivity contribution is 7.79. The van der Waals surface area contributed by atoms with E-state index >= 15 is 0 Å². The van der Waals surface area contributed by atoms with Crippen molar-refractivity contribution in [1.29, 1.82) is 0 Å². The lowest BCUT2D eigenvalue weighted by Gasteiger charge is -2.25. The van der Waals surface area contributed by atoms with Crippen molar-refractivity contribution in [2.24, 2.45) is 11.5 Å². The molecule has 0 saturated heterocycles. The normalized spacial score (nSPS) is 16.4. The number of hydrogen-bond acceptors (Lipinski definition) is 18. The Kier molecular flexibility index (Phi) is 23.7. The van der Waals surface area contributed by atoms with Crippen molar-refractivity contribution in [2.75, 3.05) is 33.9 Å². The summed E-state index contributed by atoms with van der Waals surface area (Å²) in [5, 5.41) is 72.7. The number of nitrogens with zero attached hydrogens (tertiary/aromatic N) is 1. The summed E-state index contributed by atoms with van der Waals surface area (Å²) in [6.07, 6.45) is -7.90. The molecule has 3 rings (SSSR count). The second kappa shape index (κ2) is 25.5. The summed E-state index contributed by atoms with van der Waals surface area (Å²) in [4.78, 5) is 22.3. The van der Waals surface area contributed by atoms with Crippen LogP contribution in [0.3, 0.4) is 0 Å². The SMILES string of the molecule is CN(C)[C@@H](CCOc1cccc2ccccc12)c1ccccc1.N[C@@H](C=O)[C@@H](O)[C@H](O)[C@H](O)CO.N[C@@H](C=O)[C@@H](O)[C@H](O)[C@H](O)CO.O=S(=O)([O-])[O-]. The van der Waals surface area contributed by atoms with E-state index in [-0.39, 0.29) is 12.6 Å². The van der Waals surface area contributed by atoms with Crippen LogP contribution < -0.4 is 16.2 Å². The summed E-state index contributed by atoms with van der Waals surface area (Å²) in [7, 11) is -0.925. The number of hydrogen-bond donors (Lipinski definition) is 10. The topological polar surface area (TPSA) is 341 Å². The molecule has 0 aliphatic carbocycles. The van der Waals surface area contributed by atoms with Gasteiger partial charge in [0.05, 0.1) is 31.9 Å². The van der Waals surface area contributed by atoms with Crippen LogP contribution in [-0.2, 0) is 20.0 Å². The average molecular weight is 760 g/mol. The van der Waals surface area contributed by atoms with Gasteiger partial charge in [-0.3, -0.25) is 8.42 Å². The first-order valence-electron chi connectivity index (χ1n) is 15.5. The molecule has 0 aliphatic heterocycles. The largest absolute Gasteiger partial charge is 0.759 e. The minimum absolute atomic E-state index is 0.248. The molecule has 0 saturated carbocycles. The lowest BCUT2D eigenvalue weighted by Crippen LogP contribution is -2.49. The van der Waals surface area contributed by atoms with Crippen molar-refractivity contribution < 1.29 is 72.7 Å². The predicted octanol–water partition coefficient (Wildman–Crippen LogP) is -3.25. The van der Waals surface area contributed by atoms with Crippen LogP contribution in [0.1, 0.15) is 18.0 Å². The minimum atomic E-state index is -5.17. The highest BCUT2D eigenvalue weighted by atomic mass is 32.3. The zero-order valence-corrected chi connectivity index (χ0v) is 29.4. The lowest BCUT2D eigenvalue weighted by atomic mass is 10.0. The molecule has 3 aromatic carbocycles. The molecule has 9 atom stereocenters. The van der Waals surface area contributed by atoms with Crippen LogP contribution in [-0.4, -0.2) is 158 Å². The van der Waals surface area contributed by atoms with Gasteiger partial charge >= 0.3 is 0 Å². The zero-order valence-electron chi connectivity index (χ0n) is 28.6. The Bertz CT molecular complexity index is 1480. The van der Waals surface area contributed by atoms with Crippen LogP contribution in [0.2, 0.25) is 0 Å². The Hall–Kier alpha value is -3.51. The fraction of sp³-hybridized carbons (Fsp3) is 0.455. The fourth-order valence-corrected chi connectivity index (χ4v) is 4.29. The standard InChI is InChI=1S/C21H23NO.2C6H13NO5.H2O4S/c1-22(2)20(18-10-4-3-5-11-18)15-16-23-21-14-8-12-17-9-6-7-13-19(17)21;2*7-3(1-8)5(11)6(12)4(10)2-9;1-5(2,3)4/h3-14,20H,15-16H2,1-2H3;2*1,3-6,9-12H,2,7H2;(H2,1,2,3,4)/p-2/t20-;2*3-,4+,5+,6+;/m000./s1. The second-order valence-electron chi connectivity index (χ2n) is 11.3. The summed E-state index contributed by atoms with van der Waals surface area (Å²) in [6.45, 7) is -0.709. The van der Waals surface area contributed by atoms with E-state index in [0.717, 1.165) is 12.2 Å². The first-order valence-corrected chi connectivity index (χ1v) is 16.9. The Morgan fingerprint density at radius 1 is 0.712 bits per heavy atom. The highest BCUT2D eigenvalue weighted by Crippen LogP contribution is 2.27. The Morgan fingerprint density at radius 3 is 1.56 bits per heavy atom. The molecule has 3 aromatic rings. The molecule has 0 fully saturated rings. The zero-order chi connectivity index (χ0) is 40.0. The molecule has 52 heavy (non-hydrogen) atoms. The Labute approximate surface area is 301 Å². The van der Waals surface area contributed by atoms with Gasteiger partial charge in [-0.1, -0.05) is 66.7 Å². The quantitative estimate of drug-likeness (QED) is 0.0389. The number of aldehydes is 2. The van der Waals surface area contributed by atoms with Gasteiger partial charge in [0.15, 0.2) is 0 Å². The number of rotatable bonds is 16. The third-order valence-corrected chi connectivity index (χ3v) is 7.17. The third kappa shape index (κ3) is 18.8. The van der Waals surface area contributed by atoms with E-state index in [0.29, 0.717) is 12.6 Å². The maximum absolute atomic E-state index is 10.0. The van der Waals surface area contributed by atoms with Gasteiger partial charge in [-0.05, 0) is 31.1 Å². The van der Waals surface area contributed by atoms with Crippen LogP contribution in [0.4, 0.5) is 0 Å². The van der Waals surface area contributed by atoms with Crippen molar-refractivity contribution in [3.8, 4) is 5.75 Å². The summed E-state index contributed by atoms with van der Waals surface area (Å²) in [6, 6.07) is 23.0. The Morgan fingerprint density at radius 2 is 1.13 bits per heavy atom. The molecule has 0 radical (unpaired) electrons. The van der Waals surface area contributed by atoms with Crippen LogP contribution in [0.5, 0.6) is 5.75 Å². The van der Waals surface area contributed by atoms with E-state index in [4.69, 9.17) is 74.6 Å². The van der Waals surface area contributed by atoms with E-state index in [9.17, 15) is 9.59 Å². The van der Waals surface area contributed by atoms with Gasteiger partial charge in [-0.2, -0.15) is 0 Å². The molecule has 0 spiro atoms. The van der Waals surface area contributed by atoms with Gasteiger partial charge < -0.3 is 80.7 Å². The molecular weight excluding hydrogens is 710 g/mol. The van der Waals surface area contributed by atoms with Crippen molar-refractivity contribution in [3.63, 3.8) is 0 Å². The van der Waals surface area contributed by atoms with Crippen LogP contribution in [0.15, 0.2) is 72.8 Å². The van der Waals surface area contributed by atoms with Crippen LogP contribution in [0, 0.1) is 0 Å². The number of aliphatic hydroxyl groups is 8. The first kappa shape index (κ1) is 48.5. The van der Waals surface area contributed by atoms with Gasteiger partial charge in [0.2, 0.25) is 0 Å². The molecule has 0 amide bonds. The monoisotopic (exact) mass is 759 g/mol. The smallest absolute Gasteiger partial charge is 0.139 e. The van der Waals surface area contributed by atoms with Crippen LogP contribution in [0.25, 0.3) is 10.8 Å². The third-order valence-electron chi connectivity index (χ3n) is 7.17. The average Bonchev–Trinajstić information content (AvgIpc) is 3.13. The van der Waals surface area contributed by atoms with Crippen molar-refractivity contribution >= 4 is 33.7 Å². The van der Waals surface area contributed by atoms with Gasteiger partial charge in [0.1, 0.15) is 54.9 Å². The molecule has 19 heteroatoms. The molecule has 0 heterocycles. The maximum atomic E-state index is 10.0. The van der Waals surface area contributed by atoms with Crippen molar-refractivity contribution in [2.45, 2.75) is 61.2 Å². The van der Waals surface area contributed by atoms with Gasteiger partial charge in [-0.25, -0.2) is 0 Å². The summed E-state index contributed by atoms with van der Waals surface area (Å²) >= 11 is 0. The fourth-order valence-electron chi connectivity index (χ4n) is 4.29. The maximum Gasteiger partial charge on any atom is 0.139 e. The van der Waals surface area contributed by atoms with E-state index in [1.54, 1.807) is 0 Å². The summed E-state index contributed by atoms with van der Waals surface area (Å²) < 4.78 is 40.2. The molecule has 12 N–H and O–H groups in total. The number of carbonyl (C=O) groups excluding carboxylic acids is 2. The number of nitrogens with two attached hydrogens (primary N) is 2. The molecule has 18 nitrogen and oxygen atoms in total. The molecule has 294 valence electrons. The molecule has 0 unspecified atom stereocenters. The molecule has 0 aromatic heterocycles. The summed E-state index contributed by atoms with van der Waals surface area (Å²) in [5.41, 5.74) is 11.4. The number of ether oxygens (including phenoxy) is 1. The number of carbonyl (C=O) groups is 2. The Balaban J connectivity index is 0.000000764. The minimum Gasteiger partial charge on any atom is -0.759 e. The van der Waals surface area contributed by atoms with E-state index in [2.05, 4.69) is 91.8 Å². The van der Waals surface area contributed by atoms with Crippen LogP contribution >= 0.6 is 0 Å². The van der Waals surface area contributed by atoms with Gasteiger partial charge in [0.25, 0.3) is 0 Å². The molecular formula is C33H49N3O15S-2. The first-order chi connectivity index (χ1) is 24.3. The molecule has 0 aliphatic rings. The summed E-state index contributed by atoms with van der Waals surface area (Å²) in [5.74, 6) is 0.966. The second-order valence-corrected chi connectivity index (χ2v) is 12.1. The predicted molar refractivity (Wildman–Crippen MR) is 186 cm³/mol. The van der Waals surface area contributed by atoms with Gasteiger partial charge in [0, 0.05) is 28.2 Å². The number of aliphatic hydroxyl groups excluding tert-OH is 8. The van der Waals surface area contributed by atoms with Gasteiger partial charge in [-0.15, -0.1) is 0 Å². The van der Waals surface area contributed by atoms with Crippen molar-refractivity contribution in [1.82, 2.24) is 4.90 Å².